The Morgan fingerprint density at radius 3 is 2.64 bits per heavy atom. The number of likely N-dealkylation sites (tertiary alicyclic amines) is 1. The number of hydrogen-bond donors (Lipinski definition) is 1. The maximum Gasteiger partial charge on any atom is 0.261 e. The van der Waals surface area contributed by atoms with Gasteiger partial charge in [-0.1, -0.05) is 23.7 Å². The van der Waals surface area contributed by atoms with Crippen LogP contribution in [-0.2, 0) is 4.79 Å². The van der Waals surface area contributed by atoms with Crippen molar-refractivity contribution in [1.29, 1.82) is 0 Å². The van der Waals surface area contributed by atoms with E-state index in [1.165, 1.54) is 29.1 Å². The van der Waals surface area contributed by atoms with E-state index >= 15 is 4.39 Å². The standard InChI is InChI=1S/C26H22ClFN8O2S/c1-15(37)34-13-16(32-26(38)22-6-7-23(27)39-22)10-17(14-34)35-21-11-24(36-30-8-9-31-36)29-12-20(21)33-25(35)18-4-2-3-5-19(18)28/h2-9,11-12,16-17H,10,13-14H2,1H3,(H,32,38). The molecule has 6 rings (SSSR count). The summed E-state index contributed by atoms with van der Waals surface area (Å²) >= 11 is 7.21. The van der Waals surface area contributed by atoms with E-state index in [-0.39, 0.29) is 23.9 Å². The molecule has 198 valence electrons. The van der Waals surface area contributed by atoms with Crippen molar-refractivity contribution < 1.29 is 14.0 Å². The average Bonchev–Trinajstić information content (AvgIpc) is 3.68. The van der Waals surface area contributed by atoms with Gasteiger partial charge in [0.15, 0.2) is 5.82 Å². The number of benzene rings is 1. The molecule has 5 aromatic rings. The number of thiophene rings is 1. The molecule has 2 unspecified atom stereocenters. The van der Waals surface area contributed by atoms with Crippen molar-refractivity contribution in [3.63, 3.8) is 0 Å². The van der Waals surface area contributed by atoms with E-state index in [1.807, 2.05) is 4.57 Å². The first-order valence-corrected chi connectivity index (χ1v) is 13.4. The first-order chi connectivity index (χ1) is 18.9. The summed E-state index contributed by atoms with van der Waals surface area (Å²) < 4.78 is 17.5. The molecule has 4 aromatic heterocycles. The van der Waals surface area contributed by atoms with Gasteiger partial charge in [-0.15, -0.1) is 16.1 Å². The Bertz CT molecular complexity index is 1680. The predicted molar refractivity (Wildman–Crippen MR) is 144 cm³/mol. The molecule has 2 amide bonds. The molecule has 0 radical (unpaired) electrons. The van der Waals surface area contributed by atoms with Crippen LogP contribution in [0.3, 0.4) is 0 Å². The highest BCUT2D eigenvalue weighted by Gasteiger charge is 2.34. The predicted octanol–water partition coefficient (Wildman–Crippen LogP) is 4.12. The molecule has 1 saturated heterocycles. The number of nitrogens with zero attached hydrogens (tertiary/aromatic N) is 7. The van der Waals surface area contributed by atoms with Gasteiger partial charge >= 0.3 is 0 Å². The van der Waals surface area contributed by atoms with E-state index < -0.39 is 5.82 Å². The quantitative estimate of drug-likeness (QED) is 0.344. The summed E-state index contributed by atoms with van der Waals surface area (Å²) in [6.07, 6.45) is 5.18. The average molecular weight is 565 g/mol. The third kappa shape index (κ3) is 4.88. The number of pyridine rings is 1. The molecule has 1 aliphatic heterocycles. The van der Waals surface area contributed by atoms with Crippen LogP contribution in [0.15, 0.2) is 61.1 Å². The lowest BCUT2D eigenvalue weighted by atomic mass is 9.99. The third-order valence-corrected chi connectivity index (χ3v) is 7.90. The number of aromatic nitrogens is 6. The summed E-state index contributed by atoms with van der Waals surface area (Å²) in [5.74, 6) is 0.0585. The number of rotatable bonds is 5. The summed E-state index contributed by atoms with van der Waals surface area (Å²) in [4.78, 5) is 38.3. The molecule has 0 spiro atoms. The number of imidazole rings is 1. The van der Waals surface area contributed by atoms with E-state index in [0.717, 1.165) is 0 Å². The number of carbonyl (C=O) groups is 2. The van der Waals surface area contributed by atoms with Crippen LogP contribution in [0.4, 0.5) is 4.39 Å². The van der Waals surface area contributed by atoms with E-state index in [4.69, 9.17) is 16.6 Å². The van der Waals surface area contributed by atoms with Gasteiger partial charge in [0.2, 0.25) is 5.91 Å². The first-order valence-electron chi connectivity index (χ1n) is 12.2. The van der Waals surface area contributed by atoms with Crippen molar-refractivity contribution in [2.24, 2.45) is 0 Å². The summed E-state index contributed by atoms with van der Waals surface area (Å²) in [5, 5.41) is 11.4. The zero-order chi connectivity index (χ0) is 27.1. The van der Waals surface area contributed by atoms with Gasteiger partial charge in [-0.2, -0.15) is 10.2 Å². The molecule has 1 aromatic carbocycles. The fourth-order valence-corrected chi connectivity index (χ4v) is 5.89. The first kappa shape index (κ1) is 25.1. The Labute approximate surface area is 231 Å². The highest BCUT2D eigenvalue weighted by atomic mass is 35.5. The molecular weight excluding hydrogens is 543 g/mol. The minimum atomic E-state index is -0.422. The minimum absolute atomic E-state index is 0.127. The van der Waals surface area contributed by atoms with E-state index in [2.05, 4.69) is 20.5 Å². The van der Waals surface area contributed by atoms with Crippen molar-refractivity contribution in [1.82, 2.24) is 39.7 Å². The van der Waals surface area contributed by atoms with Gasteiger partial charge in [0.25, 0.3) is 5.91 Å². The van der Waals surface area contributed by atoms with Crippen molar-refractivity contribution in [2.45, 2.75) is 25.4 Å². The number of piperidine rings is 1. The highest BCUT2D eigenvalue weighted by Crippen LogP contribution is 2.34. The number of carbonyl (C=O) groups excluding carboxylic acids is 2. The van der Waals surface area contributed by atoms with Crippen molar-refractivity contribution in [3.8, 4) is 17.2 Å². The largest absolute Gasteiger partial charge is 0.347 e. The smallest absolute Gasteiger partial charge is 0.261 e. The highest BCUT2D eigenvalue weighted by molar-refractivity contribution is 7.18. The van der Waals surface area contributed by atoms with Crippen molar-refractivity contribution in [2.75, 3.05) is 13.1 Å². The van der Waals surface area contributed by atoms with Gasteiger partial charge in [0.05, 0.1) is 44.9 Å². The Morgan fingerprint density at radius 1 is 1.13 bits per heavy atom. The summed E-state index contributed by atoms with van der Waals surface area (Å²) in [6.45, 7) is 2.20. The van der Waals surface area contributed by atoms with E-state index in [1.54, 1.807) is 59.9 Å². The van der Waals surface area contributed by atoms with E-state index in [0.29, 0.717) is 57.0 Å². The second kappa shape index (κ2) is 10.2. The van der Waals surface area contributed by atoms with Crippen LogP contribution in [0.5, 0.6) is 0 Å². The monoisotopic (exact) mass is 564 g/mol. The van der Waals surface area contributed by atoms with Crippen LogP contribution in [-0.4, -0.2) is 65.4 Å². The topological polar surface area (TPSA) is 111 Å². The number of amides is 2. The summed E-state index contributed by atoms with van der Waals surface area (Å²) in [5.41, 5.74) is 1.56. The number of halogens is 2. The van der Waals surface area contributed by atoms with Crippen LogP contribution < -0.4 is 5.32 Å². The second-order valence-corrected chi connectivity index (χ2v) is 10.9. The van der Waals surface area contributed by atoms with Crippen molar-refractivity contribution in [3.05, 3.63) is 76.1 Å². The normalized spacial score (nSPS) is 17.5. The molecule has 1 fully saturated rings. The fourth-order valence-electron chi connectivity index (χ4n) is 4.95. The molecule has 1 aliphatic rings. The van der Waals surface area contributed by atoms with Crippen LogP contribution >= 0.6 is 22.9 Å². The third-order valence-electron chi connectivity index (χ3n) is 6.67. The van der Waals surface area contributed by atoms with E-state index in [9.17, 15) is 9.59 Å². The molecular formula is C26H22ClFN8O2S. The molecule has 0 bridgehead atoms. The Morgan fingerprint density at radius 2 is 1.92 bits per heavy atom. The lowest BCUT2D eigenvalue weighted by Gasteiger charge is -2.39. The van der Waals surface area contributed by atoms with Crippen molar-refractivity contribution >= 4 is 45.8 Å². The molecule has 2 atom stereocenters. The summed E-state index contributed by atoms with van der Waals surface area (Å²) in [6, 6.07) is 10.9. The van der Waals surface area contributed by atoms with Crippen LogP contribution in [0.2, 0.25) is 4.34 Å². The molecule has 5 heterocycles. The minimum Gasteiger partial charge on any atom is -0.347 e. The molecule has 1 N–H and O–H groups in total. The zero-order valence-electron chi connectivity index (χ0n) is 20.7. The van der Waals surface area contributed by atoms with Gasteiger partial charge in [0, 0.05) is 32.1 Å². The van der Waals surface area contributed by atoms with Gasteiger partial charge in [-0.25, -0.2) is 14.4 Å². The maximum atomic E-state index is 15.1. The van der Waals surface area contributed by atoms with Crippen LogP contribution in [0.1, 0.15) is 29.1 Å². The molecule has 10 nitrogen and oxygen atoms in total. The molecule has 0 saturated carbocycles. The summed E-state index contributed by atoms with van der Waals surface area (Å²) in [7, 11) is 0. The van der Waals surface area contributed by atoms with Gasteiger partial charge < -0.3 is 14.8 Å². The Hall–Kier alpha value is -4.16. The second-order valence-electron chi connectivity index (χ2n) is 9.22. The molecule has 13 heteroatoms. The maximum absolute atomic E-state index is 15.1. The molecule has 0 aliphatic carbocycles. The lowest BCUT2D eigenvalue weighted by Crippen LogP contribution is -2.52. The number of fused-ring (bicyclic) bond motifs is 1. The molecule has 39 heavy (non-hydrogen) atoms. The fraction of sp³-hybridized carbons (Fsp3) is 0.231. The van der Waals surface area contributed by atoms with Gasteiger partial charge in [-0.3, -0.25) is 9.59 Å². The Balaban J connectivity index is 1.45. The lowest BCUT2D eigenvalue weighted by molar-refractivity contribution is -0.130. The van der Waals surface area contributed by atoms with Crippen LogP contribution in [0, 0.1) is 5.82 Å². The Kier molecular flexibility index (Phi) is 6.57. The van der Waals surface area contributed by atoms with Gasteiger partial charge in [-0.05, 0) is 30.7 Å². The number of nitrogens with one attached hydrogen (secondary N) is 1. The zero-order valence-corrected chi connectivity index (χ0v) is 22.2. The van der Waals surface area contributed by atoms with Crippen LogP contribution in [0.25, 0.3) is 28.2 Å². The SMILES string of the molecule is CC(=O)N1CC(NC(=O)c2ccc(Cl)s2)CC(n2c(-c3ccccc3F)nc3cnc(-n4nccn4)cc32)C1. The number of hydrogen-bond acceptors (Lipinski definition) is 7. The van der Waals surface area contributed by atoms with Gasteiger partial charge in [0.1, 0.15) is 17.2 Å².